The molecule has 1 aliphatic carbocycles. The maximum absolute atomic E-state index is 12.8. The summed E-state index contributed by atoms with van der Waals surface area (Å²) < 4.78 is 11.3. The minimum Gasteiger partial charge on any atom is -0.474 e. The smallest absolute Gasteiger partial charge is 0.253 e. The van der Waals surface area contributed by atoms with Crippen molar-refractivity contribution in [3.63, 3.8) is 0 Å². The maximum Gasteiger partial charge on any atom is 0.253 e. The molecule has 1 aliphatic heterocycles. The molecule has 1 aromatic carbocycles. The summed E-state index contributed by atoms with van der Waals surface area (Å²) in [4.78, 5) is 17.2. The molecule has 4 rings (SSSR count). The molecule has 2 aliphatic rings. The van der Waals surface area contributed by atoms with Crippen LogP contribution in [0.4, 0.5) is 0 Å². The molecule has 154 valence electrons. The van der Waals surface area contributed by atoms with Crippen molar-refractivity contribution in [3.8, 4) is 17.0 Å². The summed E-state index contributed by atoms with van der Waals surface area (Å²) in [6.07, 6.45) is 5.58. The summed E-state index contributed by atoms with van der Waals surface area (Å²) >= 11 is 6.02. The lowest BCUT2D eigenvalue weighted by atomic mass is 9.92. The molecular weight excluding hydrogens is 392 g/mol. The number of pyridine rings is 1. The van der Waals surface area contributed by atoms with Crippen molar-refractivity contribution in [1.82, 2.24) is 10.3 Å². The average Bonchev–Trinajstić information content (AvgIpc) is 2.69. The Balaban J connectivity index is 1.56. The van der Waals surface area contributed by atoms with Crippen molar-refractivity contribution in [2.75, 3.05) is 13.2 Å². The Hall–Kier alpha value is -2.15. The molecule has 0 spiro atoms. The number of hydrogen-bond acceptors (Lipinski definition) is 5. The fourth-order valence-corrected chi connectivity index (χ4v) is 3.77. The van der Waals surface area contributed by atoms with Gasteiger partial charge in [-0.05, 0) is 36.6 Å². The van der Waals surface area contributed by atoms with Gasteiger partial charge < -0.3 is 19.9 Å². The van der Waals surface area contributed by atoms with Crippen molar-refractivity contribution in [3.05, 3.63) is 47.1 Å². The highest BCUT2D eigenvalue weighted by Crippen LogP contribution is 2.31. The second-order valence-corrected chi connectivity index (χ2v) is 8.04. The number of aliphatic hydroxyl groups excluding tert-OH is 1. The van der Waals surface area contributed by atoms with E-state index in [2.05, 4.69) is 10.3 Å². The van der Waals surface area contributed by atoms with Crippen LogP contribution in [0.15, 0.2) is 36.5 Å². The molecule has 1 saturated heterocycles. The van der Waals surface area contributed by atoms with Crippen LogP contribution >= 0.6 is 11.6 Å². The van der Waals surface area contributed by atoms with E-state index in [0.717, 1.165) is 49.8 Å². The Labute approximate surface area is 175 Å². The van der Waals surface area contributed by atoms with E-state index in [1.54, 1.807) is 18.2 Å². The number of carbonyl (C=O) groups excluding carboxylic acids is 1. The van der Waals surface area contributed by atoms with Crippen LogP contribution < -0.4 is 10.1 Å². The van der Waals surface area contributed by atoms with Gasteiger partial charge in [0.2, 0.25) is 5.88 Å². The van der Waals surface area contributed by atoms with Crippen LogP contribution in [0, 0.1) is 0 Å². The first-order valence-electron chi connectivity index (χ1n) is 10.1. The maximum atomic E-state index is 12.8. The molecule has 0 bridgehead atoms. The van der Waals surface area contributed by atoms with Gasteiger partial charge in [-0.1, -0.05) is 36.6 Å². The molecule has 0 radical (unpaired) electrons. The second-order valence-electron chi connectivity index (χ2n) is 7.61. The van der Waals surface area contributed by atoms with Gasteiger partial charge in [-0.25, -0.2) is 4.98 Å². The molecule has 2 N–H and O–H groups in total. The zero-order valence-corrected chi connectivity index (χ0v) is 16.9. The molecule has 1 unspecified atom stereocenters. The molecule has 7 heteroatoms. The summed E-state index contributed by atoms with van der Waals surface area (Å²) in [6.45, 7) is 1.19. The van der Waals surface area contributed by atoms with Crippen molar-refractivity contribution >= 4 is 17.5 Å². The van der Waals surface area contributed by atoms with Gasteiger partial charge in [0.25, 0.3) is 5.91 Å². The summed E-state index contributed by atoms with van der Waals surface area (Å²) in [5.41, 5.74) is 2.01. The van der Waals surface area contributed by atoms with E-state index in [4.69, 9.17) is 21.1 Å². The van der Waals surface area contributed by atoms with Crippen LogP contribution in [0.5, 0.6) is 5.88 Å². The van der Waals surface area contributed by atoms with Gasteiger partial charge in [0, 0.05) is 29.8 Å². The number of amides is 1. The van der Waals surface area contributed by atoms with Gasteiger partial charge in [0.05, 0.1) is 23.8 Å². The van der Waals surface area contributed by atoms with Crippen LogP contribution in [0.2, 0.25) is 5.02 Å². The Morgan fingerprint density at radius 1 is 1.24 bits per heavy atom. The lowest BCUT2D eigenvalue weighted by molar-refractivity contribution is -0.0726. The monoisotopic (exact) mass is 416 g/mol. The Kier molecular flexibility index (Phi) is 6.33. The molecule has 29 heavy (non-hydrogen) atoms. The van der Waals surface area contributed by atoms with E-state index in [1.807, 2.05) is 12.1 Å². The van der Waals surface area contributed by atoms with Gasteiger partial charge in [0.1, 0.15) is 6.61 Å². The Morgan fingerprint density at radius 2 is 2.00 bits per heavy atom. The van der Waals surface area contributed by atoms with Crippen LogP contribution in [0.3, 0.4) is 0 Å². The van der Waals surface area contributed by atoms with Crippen LogP contribution in [-0.4, -0.2) is 47.5 Å². The van der Waals surface area contributed by atoms with Crippen molar-refractivity contribution < 1.29 is 19.4 Å². The van der Waals surface area contributed by atoms with E-state index in [1.165, 1.54) is 6.20 Å². The summed E-state index contributed by atoms with van der Waals surface area (Å²) in [7, 11) is 0. The Morgan fingerprint density at radius 3 is 2.69 bits per heavy atom. The lowest BCUT2D eigenvalue weighted by Crippen LogP contribution is -2.45. The number of benzene rings is 1. The highest BCUT2D eigenvalue weighted by Gasteiger charge is 2.26. The van der Waals surface area contributed by atoms with Gasteiger partial charge >= 0.3 is 0 Å². The normalized spacial score (nSPS) is 23.9. The lowest BCUT2D eigenvalue weighted by Gasteiger charge is -2.28. The SMILES string of the molecule is O=C(N[C@@H]1CCCC[C@H]1O)c1cnc(OCC2CCO2)c(-c2ccc(Cl)cc2)c1. The van der Waals surface area contributed by atoms with Crippen LogP contribution in [0.1, 0.15) is 42.5 Å². The number of ether oxygens (including phenoxy) is 2. The third-order valence-electron chi connectivity index (χ3n) is 5.51. The molecule has 6 nitrogen and oxygen atoms in total. The van der Waals surface area contributed by atoms with E-state index in [9.17, 15) is 9.90 Å². The fourth-order valence-electron chi connectivity index (χ4n) is 3.65. The van der Waals surface area contributed by atoms with E-state index in [-0.39, 0.29) is 18.1 Å². The molecule has 2 heterocycles. The average molecular weight is 417 g/mol. The zero-order valence-electron chi connectivity index (χ0n) is 16.1. The van der Waals surface area contributed by atoms with Gasteiger partial charge in [0.15, 0.2) is 0 Å². The van der Waals surface area contributed by atoms with Gasteiger partial charge in [-0.2, -0.15) is 0 Å². The van der Waals surface area contributed by atoms with E-state index >= 15 is 0 Å². The Bertz CT molecular complexity index is 854. The highest BCUT2D eigenvalue weighted by molar-refractivity contribution is 6.30. The molecule has 1 amide bonds. The summed E-state index contributed by atoms with van der Waals surface area (Å²) in [6, 6.07) is 8.89. The minimum atomic E-state index is -0.499. The minimum absolute atomic E-state index is 0.0885. The predicted octanol–water partition coefficient (Wildman–Crippen LogP) is 3.60. The number of aliphatic hydroxyl groups is 1. The third-order valence-corrected chi connectivity index (χ3v) is 5.77. The van der Waals surface area contributed by atoms with E-state index in [0.29, 0.717) is 23.1 Å². The molecule has 1 saturated carbocycles. The third kappa shape index (κ3) is 4.89. The van der Waals surface area contributed by atoms with E-state index < -0.39 is 6.10 Å². The number of aromatic nitrogens is 1. The van der Waals surface area contributed by atoms with Crippen LogP contribution in [0.25, 0.3) is 11.1 Å². The topological polar surface area (TPSA) is 80.7 Å². The molecular formula is C22H25ClN2O4. The predicted molar refractivity (Wildman–Crippen MR) is 110 cm³/mol. The largest absolute Gasteiger partial charge is 0.474 e. The number of nitrogens with zero attached hydrogens (tertiary/aromatic N) is 1. The summed E-state index contributed by atoms with van der Waals surface area (Å²) in [5.74, 6) is 0.213. The van der Waals surface area contributed by atoms with Crippen LogP contribution in [-0.2, 0) is 4.74 Å². The number of hydrogen-bond donors (Lipinski definition) is 2. The highest BCUT2D eigenvalue weighted by atomic mass is 35.5. The number of halogens is 1. The first kappa shape index (κ1) is 20.1. The quantitative estimate of drug-likeness (QED) is 0.752. The molecule has 1 aromatic heterocycles. The van der Waals surface area contributed by atoms with Crippen molar-refractivity contribution in [2.45, 2.75) is 50.4 Å². The second kappa shape index (κ2) is 9.11. The number of rotatable bonds is 6. The zero-order chi connectivity index (χ0) is 20.2. The first-order chi connectivity index (χ1) is 14.1. The van der Waals surface area contributed by atoms with Gasteiger partial charge in [-0.15, -0.1) is 0 Å². The molecule has 2 fully saturated rings. The van der Waals surface area contributed by atoms with Gasteiger partial charge in [-0.3, -0.25) is 4.79 Å². The van der Waals surface area contributed by atoms with Crippen molar-refractivity contribution in [1.29, 1.82) is 0 Å². The summed E-state index contributed by atoms with van der Waals surface area (Å²) in [5, 5.41) is 13.7. The first-order valence-corrected chi connectivity index (χ1v) is 10.5. The number of carbonyl (C=O) groups is 1. The molecule has 2 aromatic rings. The standard InChI is InChI=1S/C22H25ClN2O4/c23-16-7-5-14(6-8-16)18-11-15(12-24-22(18)29-13-17-9-10-28-17)21(27)25-19-3-1-2-4-20(19)26/h5-8,11-12,17,19-20,26H,1-4,9-10,13H2,(H,25,27)/t17?,19-,20-/m1/s1. The molecule has 3 atom stereocenters. The number of nitrogens with one attached hydrogen (secondary N) is 1. The van der Waals surface area contributed by atoms with Crippen molar-refractivity contribution in [2.24, 2.45) is 0 Å². The fraction of sp³-hybridized carbons (Fsp3) is 0.455.